The SMILES string of the molecule is NC(C=O)CCC(=O)NC(CS)C(=O)NCC=O. The third kappa shape index (κ3) is 7.02. The summed E-state index contributed by atoms with van der Waals surface area (Å²) >= 11 is 3.93. The molecular weight excluding hydrogens is 258 g/mol. The van der Waals surface area contributed by atoms with Crippen LogP contribution in [0.1, 0.15) is 12.8 Å². The van der Waals surface area contributed by atoms with Gasteiger partial charge in [0.1, 0.15) is 18.6 Å². The highest BCUT2D eigenvalue weighted by atomic mass is 32.1. The van der Waals surface area contributed by atoms with Gasteiger partial charge in [0, 0.05) is 12.2 Å². The van der Waals surface area contributed by atoms with Crippen LogP contribution in [0.2, 0.25) is 0 Å². The molecule has 0 rings (SSSR count). The maximum absolute atomic E-state index is 11.4. The normalized spacial score (nSPS) is 13.2. The van der Waals surface area contributed by atoms with Crippen LogP contribution in [0.3, 0.4) is 0 Å². The number of hydrogen-bond donors (Lipinski definition) is 4. The van der Waals surface area contributed by atoms with Gasteiger partial charge >= 0.3 is 0 Å². The van der Waals surface area contributed by atoms with Gasteiger partial charge in [0.25, 0.3) is 0 Å². The topological polar surface area (TPSA) is 118 Å². The maximum Gasteiger partial charge on any atom is 0.243 e. The first kappa shape index (κ1) is 16.6. The second-order valence-corrected chi connectivity index (χ2v) is 3.92. The minimum atomic E-state index is -0.812. The smallest absolute Gasteiger partial charge is 0.243 e. The average molecular weight is 275 g/mol. The molecular formula is C10H17N3O4S. The summed E-state index contributed by atoms with van der Waals surface area (Å²) in [4.78, 5) is 43.2. The van der Waals surface area contributed by atoms with Crippen LogP contribution in [0.15, 0.2) is 0 Å². The largest absolute Gasteiger partial charge is 0.348 e. The number of nitrogens with two attached hydrogens (primary N) is 1. The van der Waals surface area contributed by atoms with Crippen LogP contribution >= 0.6 is 12.6 Å². The number of rotatable bonds is 9. The Morgan fingerprint density at radius 1 is 1.33 bits per heavy atom. The number of carbonyl (C=O) groups excluding carboxylic acids is 4. The molecule has 0 spiro atoms. The number of thiol groups is 1. The lowest BCUT2D eigenvalue weighted by Gasteiger charge is -2.15. The summed E-state index contributed by atoms with van der Waals surface area (Å²) in [5.41, 5.74) is 5.33. The number of carbonyl (C=O) groups is 4. The van der Waals surface area contributed by atoms with Gasteiger partial charge in [-0.25, -0.2) is 0 Å². The van der Waals surface area contributed by atoms with Crippen LogP contribution < -0.4 is 16.4 Å². The Hall–Kier alpha value is -1.41. The zero-order valence-electron chi connectivity index (χ0n) is 9.80. The summed E-state index contributed by atoms with van der Waals surface area (Å²) in [6.07, 6.45) is 1.36. The molecule has 0 bridgehead atoms. The van der Waals surface area contributed by atoms with E-state index in [1.165, 1.54) is 0 Å². The third-order valence-corrected chi connectivity index (χ3v) is 2.44. The first-order valence-electron chi connectivity index (χ1n) is 5.37. The van der Waals surface area contributed by atoms with Crippen molar-refractivity contribution in [1.82, 2.24) is 10.6 Å². The number of aldehydes is 2. The Kier molecular flexibility index (Phi) is 8.85. The van der Waals surface area contributed by atoms with Crippen molar-refractivity contribution in [1.29, 1.82) is 0 Å². The van der Waals surface area contributed by atoms with Crippen LogP contribution in [-0.4, -0.2) is 48.8 Å². The second kappa shape index (κ2) is 9.60. The maximum atomic E-state index is 11.4. The molecule has 2 amide bonds. The van der Waals surface area contributed by atoms with Crippen LogP contribution in [-0.2, 0) is 19.2 Å². The predicted octanol–water partition coefficient (Wildman–Crippen LogP) is -1.98. The highest BCUT2D eigenvalue weighted by Crippen LogP contribution is 1.95. The monoisotopic (exact) mass is 275 g/mol. The molecule has 0 aliphatic heterocycles. The van der Waals surface area contributed by atoms with E-state index in [1.807, 2.05) is 0 Å². The molecule has 0 aromatic rings. The van der Waals surface area contributed by atoms with Gasteiger partial charge in [-0.3, -0.25) is 9.59 Å². The molecule has 102 valence electrons. The summed E-state index contributed by atoms with van der Waals surface area (Å²) < 4.78 is 0. The number of hydrogen-bond acceptors (Lipinski definition) is 6. The molecule has 0 aromatic heterocycles. The molecule has 4 N–H and O–H groups in total. The summed E-state index contributed by atoms with van der Waals surface area (Å²) in [7, 11) is 0. The van der Waals surface area contributed by atoms with Crippen LogP contribution in [0.25, 0.3) is 0 Å². The Morgan fingerprint density at radius 3 is 2.50 bits per heavy atom. The summed E-state index contributed by atoms with van der Waals surface area (Å²) in [5, 5.41) is 4.75. The van der Waals surface area contributed by atoms with Crippen LogP contribution in [0.5, 0.6) is 0 Å². The second-order valence-electron chi connectivity index (χ2n) is 3.55. The molecule has 0 aromatic carbocycles. The van der Waals surface area contributed by atoms with Gasteiger partial charge in [0.15, 0.2) is 0 Å². The highest BCUT2D eigenvalue weighted by Gasteiger charge is 2.18. The molecule has 2 atom stereocenters. The van der Waals surface area contributed by atoms with Gasteiger partial charge in [-0.2, -0.15) is 12.6 Å². The Bertz CT molecular complexity index is 311. The first-order chi connectivity index (χ1) is 8.54. The van der Waals surface area contributed by atoms with Crippen molar-refractivity contribution in [3.05, 3.63) is 0 Å². The molecule has 0 radical (unpaired) electrons. The fourth-order valence-electron chi connectivity index (χ4n) is 1.09. The molecule has 0 aliphatic carbocycles. The van der Waals surface area contributed by atoms with E-state index in [4.69, 9.17) is 5.73 Å². The highest BCUT2D eigenvalue weighted by molar-refractivity contribution is 7.80. The Labute approximate surface area is 110 Å². The Morgan fingerprint density at radius 2 is 2.00 bits per heavy atom. The van der Waals surface area contributed by atoms with E-state index in [1.54, 1.807) is 0 Å². The van der Waals surface area contributed by atoms with E-state index in [-0.39, 0.29) is 25.1 Å². The summed E-state index contributed by atoms with van der Waals surface area (Å²) in [5.74, 6) is -0.770. The van der Waals surface area contributed by atoms with Gasteiger partial charge in [0.05, 0.1) is 12.6 Å². The molecule has 8 heteroatoms. The van der Waals surface area contributed by atoms with Crippen molar-refractivity contribution in [2.75, 3.05) is 12.3 Å². The fraction of sp³-hybridized carbons (Fsp3) is 0.600. The third-order valence-electron chi connectivity index (χ3n) is 2.07. The molecule has 0 fully saturated rings. The molecule has 7 nitrogen and oxygen atoms in total. The van der Waals surface area contributed by atoms with E-state index in [0.29, 0.717) is 12.6 Å². The molecule has 0 saturated carbocycles. The van der Waals surface area contributed by atoms with Gasteiger partial charge in [-0.1, -0.05) is 0 Å². The van der Waals surface area contributed by atoms with Gasteiger partial charge < -0.3 is 26.0 Å². The van der Waals surface area contributed by atoms with Crippen LogP contribution in [0, 0.1) is 0 Å². The van der Waals surface area contributed by atoms with E-state index in [9.17, 15) is 19.2 Å². The lowest BCUT2D eigenvalue weighted by Crippen LogP contribution is -2.48. The van der Waals surface area contributed by atoms with Gasteiger partial charge in [-0.15, -0.1) is 0 Å². The lowest BCUT2D eigenvalue weighted by atomic mass is 10.2. The Balaban J connectivity index is 4.10. The molecule has 0 heterocycles. The average Bonchev–Trinajstić information content (AvgIpc) is 2.39. The summed E-state index contributed by atoms with van der Waals surface area (Å²) in [6.45, 7) is -0.116. The number of nitrogens with one attached hydrogen (secondary N) is 2. The minimum absolute atomic E-state index is 0.0468. The van der Waals surface area contributed by atoms with Crippen molar-refractivity contribution in [3.63, 3.8) is 0 Å². The van der Waals surface area contributed by atoms with Gasteiger partial charge in [-0.05, 0) is 6.42 Å². The van der Waals surface area contributed by atoms with Crippen molar-refractivity contribution in [2.24, 2.45) is 5.73 Å². The van der Waals surface area contributed by atoms with E-state index in [2.05, 4.69) is 23.3 Å². The molecule has 18 heavy (non-hydrogen) atoms. The quantitative estimate of drug-likeness (QED) is 0.287. The van der Waals surface area contributed by atoms with E-state index in [0.717, 1.165) is 0 Å². The zero-order chi connectivity index (χ0) is 14.0. The zero-order valence-corrected chi connectivity index (χ0v) is 10.7. The molecule has 0 saturated heterocycles. The summed E-state index contributed by atoms with van der Waals surface area (Å²) in [6, 6.07) is -1.50. The molecule has 2 unspecified atom stereocenters. The fourth-order valence-corrected chi connectivity index (χ4v) is 1.35. The van der Waals surface area contributed by atoms with Crippen molar-refractivity contribution in [3.8, 4) is 0 Å². The minimum Gasteiger partial charge on any atom is -0.348 e. The van der Waals surface area contributed by atoms with E-state index < -0.39 is 23.9 Å². The standard InChI is InChI=1S/C10H17N3O4S/c11-7(5-15)1-2-9(16)13-8(6-18)10(17)12-3-4-14/h4-5,7-8,18H,1-3,6,11H2,(H,12,17)(H,13,16). The van der Waals surface area contributed by atoms with E-state index >= 15 is 0 Å². The van der Waals surface area contributed by atoms with Crippen molar-refractivity contribution in [2.45, 2.75) is 24.9 Å². The van der Waals surface area contributed by atoms with Crippen molar-refractivity contribution >= 4 is 37.0 Å². The lowest BCUT2D eigenvalue weighted by molar-refractivity contribution is -0.128. The number of amides is 2. The first-order valence-corrected chi connectivity index (χ1v) is 6.00. The molecule has 0 aliphatic rings. The van der Waals surface area contributed by atoms with Gasteiger partial charge in [0.2, 0.25) is 11.8 Å². The predicted molar refractivity (Wildman–Crippen MR) is 68.1 cm³/mol. The van der Waals surface area contributed by atoms with Crippen molar-refractivity contribution < 1.29 is 19.2 Å². The van der Waals surface area contributed by atoms with Crippen LogP contribution in [0.4, 0.5) is 0 Å².